The number of nitrogens with zero attached hydrogens (tertiary/aromatic N) is 2. The molecule has 0 bridgehead atoms. The fraction of sp³-hybridized carbons (Fsp3) is 0.588. The molecular weight excluding hydrogens is 296 g/mol. The Kier molecular flexibility index (Phi) is 4.20. The molecule has 1 aromatic carbocycles. The van der Waals surface area contributed by atoms with Gasteiger partial charge in [0.15, 0.2) is 11.9 Å². The van der Waals surface area contributed by atoms with Crippen LogP contribution in [-0.4, -0.2) is 48.1 Å². The largest absolute Gasteiger partial charge is 0.419 e. The fourth-order valence-electron chi connectivity index (χ4n) is 3.66. The summed E-state index contributed by atoms with van der Waals surface area (Å²) in [6, 6.07) is 7.86. The van der Waals surface area contributed by atoms with Gasteiger partial charge in [0.2, 0.25) is 0 Å². The van der Waals surface area contributed by atoms with Crippen molar-refractivity contribution in [2.45, 2.75) is 38.1 Å². The number of piperidine rings is 1. The Balaban J connectivity index is 1.50. The van der Waals surface area contributed by atoms with Crippen molar-refractivity contribution in [2.24, 2.45) is 0 Å². The summed E-state index contributed by atoms with van der Waals surface area (Å²) in [7, 11) is 0. The average molecular weight is 318 g/mol. The quantitative estimate of drug-likeness (QED) is 0.861. The van der Waals surface area contributed by atoms with Crippen LogP contribution in [0.4, 0.5) is 0 Å². The Morgan fingerprint density at radius 2 is 1.91 bits per heavy atom. The number of hydrogen-bond donors (Lipinski definition) is 0. The molecular formula is C17H22N2O4. The molecule has 1 aromatic heterocycles. The standard InChI is InChI=1S/C17H22N2O4/c20-17-19(13-5-1-2-7-15(13)23-17)10-9-18-8-4-3-6-14(18)16-21-11-12-22-16/h1-2,5,7,14,16H,3-4,6,8-12H2. The molecule has 2 fully saturated rings. The molecule has 124 valence electrons. The van der Waals surface area contributed by atoms with E-state index in [2.05, 4.69) is 4.90 Å². The van der Waals surface area contributed by atoms with E-state index in [1.165, 1.54) is 12.8 Å². The van der Waals surface area contributed by atoms with Crippen LogP contribution in [0.25, 0.3) is 11.1 Å². The van der Waals surface area contributed by atoms with Gasteiger partial charge < -0.3 is 13.9 Å². The van der Waals surface area contributed by atoms with E-state index in [-0.39, 0.29) is 12.0 Å². The minimum atomic E-state index is -0.284. The van der Waals surface area contributed by atoms with Crippen LogP contribution in [0.2, 0.25) is 0 Å². The highest BCUT2D eigenvalue weighted by Crippen LogP contribution is 2.24. The lowest BCUT2D eigenvalue weighted by Gasteiger charge is -2.37. The van der Waals surface area contributed by atoms with Crippen molar-refractivity contribution in [1.29, 1.82) is 0 Å². The molecule has 0 radical (unpaired) electrons. The molecule has 2 aliphatic heterocycles. The van der Waals surface area contributed by atoms with Crippen LogP contribution in [0.15, 0.2) is 33.5 Å². The molecule has 3 heterocycles. The maximum Gasteiger partial charge on any atom is 0.419 e. The number of rotatable bonds is 4. The summed E-state index contributed by atoms with van der Waals surface area (Å²) in [5.41, 5.74) is 1.51. The van der Waals surface area contributed by atoms with Gasteiger partial charge in [0.05, 0.1) is 24.8 Å². The molecule has 0 N–H and O–H groups in total. The van der Waals surface area contributed by atoms with E-state index in [1.807, 2.05) is 24.3 Å². The van der Waals surface area contributed by atoms with E-state index in [4.69, 9.17) is 13.9 Å². The highest BCUT2D eigenvalue weighted by Gasteiger charge is 2.33. The third kappa shape index (κ3) is 2.94. The molecule has 6 nitrogen and oxygen atoms in total. The number of benzene rings is 1. The van der Waals surface area contributed by atoms with E-state index in [1.54, 1.807) is 4.57 Å². The van der Waals surface area contributed by atoms with Gasteiger partial charge in [0.1, 0.15) is 0 Å². The van der Waals surface area contributed by atoms with Crippen molar-refractivity contribution in [3.8, 4) is 0 Å². The zero-order chi connectivity index (χ0) is 15.6. The van der Waals surface area contributed by atoms with Crippen molar-refractivity contribution in [1.82, 2.24) is 9.47 Å². The second-order valence-electron chi connectivity index (χ2n) is 6.20. The third-order valence-electron chi connectivity index (χ3n) is 4.81. The van der Waals surface area contributed by atoms with E-state index in [0.29, 0.717) is 31.4 Å². The maximum absolute atomic E-state index is 12.1. The van der Waals surface area contributed by atoms with Crippen LogP contribution in [-0.2, 0) is 16.0 Å². The van der Waals surface area contributed by atoms with Gasteiger partial charge in [0, 0.05) is 13.1 Å². The summed E-state index contributed by atoms with van der Waals surface area (Å²) in [6.07, 6.45) is 3.36. The minimum absolute atomic E-state index is 0.117. The molecule has 0 saturated carbocycles. The second kappa shape index (κ2) is 6.47. The number of oxazole rings is 1. The monoisotopic (exact) mass is 318 g/mol. The third-order valence-corrected chi connectivity index (χ3v) is 4.81. The number of aromatic nitrogens is 1. The maximum atomic E-state index is 12.1. The zero-order valence-corrected chi connectivity index (χ0v) is 13.1. The van der Waals surface area contributed by atoms with Crippen molar-refractivity contribution in [3.63, 3.8) is 0 Å². The average Bonchev–Trinajstić information content (AvgIpc) is 3.20. The van der Waals surface area contributed by atoms with Crippen LogP contribution in [0, 0.1) is 0 Å². The van der Waals surface area contributed by atoms with E-state index < -0.39 is 0 Å². The smallest absolute Gasteiger partial charge is 0.408 e. The van der Waals surface area contributed by atoms with Crippen molar-refractivity contribution in [2.75, 3.05) is 26.3 Å². The minimum Gasteiger partial charge on any atom is -0.408 e. The Morgan fingerprint density at radius 3 is 2.78 bits per heavy atom. The Morgan fingerprint density at radius 1 is 1.09 bits per heavy atom. The number of ether oxygens (including phenoxy) is 2. The normalized spacial score (nSPS) is 23.7. The van der Waals surface area contributed by atoms with Gasteiger partial charge in [-0.2, -0.15) is 0 Å². The van der Waals surface area contributed by atoms with Crippen molar-refractivity contribution in [3.05, 3.63) is 34.8 Å². The van der Waals surface area contributed by atoms with Crippen LogP contribution in [0.1, 0.15) is 19.3 Å². The first-order valence-electron chi connectivity index (χ1n) is 8.38. The highest BCUT2D eigenvalue weighted by atomic mass is 16.7. The van der Waals surface area contributed by atoms with Crippen molar-refractivity contribution < 1.29 is 13.9 Å². The Hall–Kier alpha value is -1.63. The predicted octanol–water partition coefficient (Wildman–Crippen LogP) is 1.82. The lowest BCUT2D eigenvalue weighted by Crippen LogP contribution is -2.48. The van der Waals surface area contributed by atoms with Gasteiger partial charge in [-0.05, 0) is 31.5 Å². The van der Waals surface area contributed by atoms with Gasteiger partial charge in [-0.1, -0.05) is 18.6 Å². The molecule has 1 atom stereocenters. The van der Waals surface area contributed by atoms with E-state index in [9.17, 15) is 4.79 Å². The van der Waals surface area contributed by atoms with Gasteiger partial charge in [-0.15, -0.1) is 0 Å². The zero-order valence-electron chi connectivity index (χ0n) is 13.1. The SMILES string of the molecule is O=c1oc2ccccc2n1CCN1CCCCC1C1OCCO1. The Bertz CT molecular complexity index is 717. The van der Waals surface area contributed by atoms with Gasteiger partial charge in [-0.25, -0.2) is 4.79 Å². The summed E-state index contributed by atoms with van der Waals surface area (Å²) < 4.78 is 18.4. The molecule has 4 rings (SSSR count). The molecule has 2 aromatic rings. The molecule has 0 aliphatic carbocycles. The predicted molar refractivity (Wildman–Crippen MR) is 85.4 cm³/mol. The first-order chi connectivity index (χ1) is 11.3. The molecule has 2 aliphatic rings. The molecule has 23 heavy (non-hydrogen) atoms. The van der Waals surface area contributed by atoms with Crippen LogP contribution >= 0.6 is 0 Å². The molecule has 0 amide bonds. The Labute approximate surface area is 134 Å². The highest BCUT2D eigenvalue weighted by molar-refractivity contribution is 5.72. The topological polar surface area (TPSA) is 56.8 Å². The van der Waals surface area contributed by atoms with Crippen LogP contribution in [0.5, 0.6) is 0 Å². The first-order valence-corrected chi connectivity index (χ1v) is 8.38. The number of fused-ring (bicyclic) bond motifs is 1. The van der Waals surface area contributed by atoms with Gasteiger partial charge in [0.25, 0.3) is 0 Å². The number of para-hydroxylation sites is 2. The summed E-state index contributed by atoms with van der Waals surface area (Å²) in [5, 5.41) is 0. The lowest BCUT2D eigenvalue weighted by atomic mass is 10.0. The summed E-state index contributed by atoms with van der Waals surface area (Å²) in [4.78, 5) is 14.5. The summed E-state index contributed by atoms with van der Waals surface area (Å²) in [5.74, 6) is -0.284. The fourth-order valence-corrected chi connectivity index (χ4v) is 3.66. The van der Waals surface area contributed by atoms with Crippen molar-refractivity contribution >= 4 is 11.1 Å². The second-order valence-corrected chi connectivity index (χ2v) is 6.20. The molecule has 0 spiro atoms. The number of likely N-dealkylation sites (tertiary alicyclic amines) is 1. The van der Waals surface area contributed by atoms with Gasteiger partial charge in [-0.3, -0.25) is 9.47 Å². The molecule has 1 unspecified atom stereocenters. The lowest BCUT2D eigenvalue weighted by molar-refractivity contribution is -0.109. The molecule has 2 saturated heterocycles. The van der Waals surface area contributed by atoms with Gasteiger partial charge >= 0.3 is 5.76 Å². The van der Waals surface area contributed by atoms with Crippen LogP contribution in [0.3, 0.4) is 0 Å². The first kappa shape index (κ1) is 14.9. The summed E-state index contributed by atoms with van der Waals surface area (Å²) >= 11 is 0. The van der Waals surface area contributed by atoms with E-state index in [0.717, 1.165) is 25.0 Å². The van der Waals surface area contributed by atoms with E-state index >= 15 is 0 Å². The summed E-state index contributed by atoms with van der Waals surface area (Å²) in [6.45, 7) is 3.82. The number of hydrogen-bond acceptors (Lipinski definition) is 5. The molecule has 6 heteroatoms. The van der Waals surface area contributed by atoms with Crippen LogP contribution < -0.4 is 5.76 Å².